The first kappa shape index (κ1) is 12.9. The van der Waals surface area contributed by atoms with Crippen LogP contribution in [-0.4, -0.2) is 16.2 Å². The molecule has 0 aliphatic heterocycles. The van der Waals surface area contributed by atoms with E-state index >= 15 is 0 Å². The molecule has 4 nitrogen and oxygen atoms in total. The van der Waals surface area contributed by atoms with Crippen LogP contribution in [0.4, 0.5) is 4.39 Å². The topological polar surface area (TPSA) is 66.8 Å². The summed E-state index contributed by atoms with van der Waals surface area (Å²) in [5.41, 5.74) is 0.416. The van der Waals surface area contributed by atoms with Gasteiger partial charge >= 0.3 is 5.97 Å². The second kappa shape index (κ2) is 5.39. The molecule has 2 N–H and O–H groups in total. The number of hydrogen-bond donors (Lipinski definition) is 2. The minimum Gasteiger partial charge on any atom is -0.507 e. The molecule has 2 aromatic carbocycles. The molecule has 0 aliphatic carbocycles. The number of aromatic carboxylic acids is 1. The smallest absolute Gasteiger partial charge is 0.339 e. The molecule has 0 aliphatic rings. The van der Waals surface area contributed by atoms with E-state index in [9.17, 15) is 14.3 Å². The van der Waals surface area contributed by atoms with Crippen molar-refractivity contribution in [2.75, 3.05) is 0 Å². The van der Waals surface area contributed by atoms with E-state index in [2.05, 4.69) is 0 Å². The Bertz CT molecular complexity index is 593. The van der Waals surface area contributed by atoms with Gasteiger partial charge < -0.3 is 14.9 Å². The SMILES string of the molecule is O=C(O)c1cc(COc2ccc(F)cc2)ccc1O. The molecule has 0 radical (unpaired) electrons. The summed E-state index contributed by atoms with van der Waals surface area (Å²) in [4.78, 5) is 10.8. The summed E-state index contributed by atoms with van der Waals surface area (Å²) >= 11 is 0. The van der Waals surface area contributed by atoms with E-state index in [0.29, 0.717) is 11.3 Å². The van der Waals surface area contributed by atoms with Crippen molar-refractivity contribution >= 4 is 5.97 Å². The zero-order chi connectivity index (χ0) is 13.8. The summed E-state index contributed by atoms with van der Waals surface area (Å²) in [6, 6.07) is 9.70. The number of halogens is 1. The van der Waals surface area contributed by atoms with Crippen molar-refractivity contribution in [1.29, 1.82) is 0 Å². The van der Waals surface area contributed by atoms with Gasteiger partial charge in [-0.25, -0.2) is 9.18 Å². The summed E-state index contributed by atoms with van der Waals surface area (Å²) in [7, 11) is 0. The van der Waals surface area contributed by atoms with Crippen LogP contribution in [0.1, 0.15) is 15.9 Å². The summed E-state index contributed by atoms with van der Waals surface area (Å²) < 4.78 is 18.1. The quantitative estimate of drug-likeness (QED) is 0.889. The van der Waals surface area contributed by atoms with E-state index in [-0.39, 0.29) is 23.7 Å². The van der Waals surface area contributed by atoms with Gasteiger partial charge in [0.15, 0.2) is 0 Å². The third kappa shape index (κ3) is 3.22. The normalized spacial score (nSPS) is 10.2. The van der Waals surface area contributed by atoms with Gasteiger partial charge in [-0.2, -0.15) is 0 Å². The van der Waals surface area contributed by atoms with Crippen LogP contribution < -0.4 is 4.74 Å². The molecule has 0 unspecified atom stereocenters. The maximum absolute atomic E-state index is 12.7. The minimum atomic E-state index is -1.21. The Morgan fingerprint density at radius 2 is 1.84 bits per heavy atom. The Balaban J connectivity index is 2.09. The predicted octanol–water partition coefficient (Wildman–Crippen LogP) is 2.81. The van der Waals surface area contributed by atoms with Gasteiger partial charge in [-0.15, -0.1) is 0 Å². The van der Waals surface area contributed by atoms with Crippen LogP contribution in [0.25, 0.3) is 0 Å². The Hall–Kier alpha value is -2.56. The molecular formula is C14H11FO4. The molecule has 0 atom stereocenters. The van der Waals surface area contributed by atoms with Gasteiger partial charge in [0.05, 0.1) is 0 Å². The van der Waals surface area contributed by atoms with Gasteiger partial charge in [-0.3, -0.25) is 0 Å². The summed E-state index contributed by atoms with van der Waals surface area (Å²) in [5, 5.41) is 18.2. The Labute approximate surface area is 108 Å². The van der Waals surface area contributed by atoms with Crippen LogP contribution >= 0.6 is 0 Å². The zero-order valence-electron chi connectivity index (χ0n) is 9.84. The van der Waals surface area contributed by atoms with E-state index in [0.717, 1.165) is 0 Å². The standard InChI is InChI=1S/C14H11FO4/c15-10-2-4-11(5-3-10)19-8-9-1-6-13(16)12(7-9)14(17)18/h1-7,16H,8H2,(H,17,18). The lowest BCUT2D eigenvalue weighted by molar-refractivity contribution is 0.0693. The van der Waals surface area contributed by atoms with E-state index < -0.39 is 5.97 Å². The van der Waals surface area contributed by atoms with E-state index in [1.165, 1.54) is 36.4 Å². The number of benzene rings is 2. The summed E-state index contributed by atoms with van der Waals surface area (Å²) in [6.45, 7) is 0.131. The van der Waals surface area contributed by atoms with Gasteiger partial charge in [0.1, 0.15) is 29.5 Å². The lowest BCUT2D eigenvalue weighted by Crippen LogP contribution is -2.01. The molecule has 0 aromatic heterocycles. The molecule has 5 heteroatoms. The van der Waals surface area contributed by atoms with Crippen LogP contribution in [0.15, 0.2) is 42.5 Å². The third-order valence-corrected chi connectivity index (χ3v) is 2.51. The van der Waals surface area contributed by atoms with Crippen LogP contribution in [0.5, 0.6) is 11.5 Å². The fraction of sp³-hybridized carbons (Fsp3) is 0.0714. The van der Waals surface area contributed by atoms with Crippen LogP contribution in [-0.2, 0) is 6.61 Å². The molecule has 2 aromatic rings. The number of phenols is 1. The lowest BCUT2D eigenvalue weighted by atomic mass is 10.1. The maximum Gasteiger partial charge on any atom is 0.339 e. The van der Waals surface area contributed by atoms with Gasteiger partial charge in [0, 0.05) is 0 Å². The average molecular weight is 262 g/mol. The van der Waals surface area contributed by atoms with Gasteiger partial charge in [-0.05, 0) is 42.0 Å². The van der Waals surface area contributed by atoms with Gasteiger partial charge in [-0.1, -0.05) is 6.07 Å². The van der Waals surface area contributed by atoms with Crippen molar-refractivity contribution in [3.8, 4) is 11.5 Å². The molecule has 0 bridgehead atoms. The number of aromatic hydroxyl groups is 1. The molecule has 98 valence electrons. The zero-order valence-corrected chi connectivity index (χ0v) is 9.84. The third-order valence-electron chi connectivity index (χ3n) is 2.51. The molecule has 0 spiro atoms. The molecule has 0 fully saturated rings. The number of carboxylic acid groups (broad SMARTS) is 1. The van der Waals surface area contributed by atoms with Crippen LogP contribution in [0, 0.1) is 5.82 Å². The monoisotopic (exact) mass is 262 g/mol. The fourth-order valence-corrected chi connectivity index (χ4v) is 1.54. The number of ether oxygens (including phenoxy) is 1. The second-order valence-electron chi connectivity index (χ2n) is 3.90. The number of rotatable bonds is 4. The van der Waals surface area contributed by atoms with Crippen molar-refractivity contribution in [3.05, 3.63) is 59.4 Å². The Morgan fingerprint density at radius 1 is 1.16 bits per heavy atom. The van der Waals surface area contributed by atoms with E-state index in [1.807, 2.05) is 0 Å². The highest BCUT2D eigenvalue weighted by Gasteiger charge is 2.10. The summed E-state index contributed by atoms with van der Waals surface area (Å²) in [6.07, 6.45) is 0. The van der Waals surface area contributed by atoms with Crippen molar-refractivity contribution in [2.24, 2.45) is 0 Å². The van der Waals surface area contributed by atoms with Gasteiger partial charge in [0.25, 0.3) is 0 Å². The maximum atomic E-state index is 12.7. The number of hydrogen-bond acceptors (Lipinski definition) is 3. The minimum absolute atomic E-state index is 0.131. The molecule has 0 saturated heterocycles. The van der Waals surface area contributed by atoms with Crippen molar-refractivity contribution in [1.82, 2.24) is 0 Å². The van der Waals surface area contributed by atoms with Crippen LogP contribution in [0.2, 0.25) is 0 Å². The Kier molecular flexibility index (Phi) is 3.66. The lowest BCUT2D eigenvalue weighted by Gasteiger charge is -2.07. The molecule has 19 heavy (non-hydrogen) atoms. The van der Waals surface area contributed by atoms with E-state index in [4.69, 9.17) is 9.84 Å². The van der Waals surface area contributed by atoms with E-state index in [1.54, 1.807) is 6.07 Å². The highest BCUT2D eigenvalue weighted by molar-refractivity contribution is 5.90. The first-order valence-corrected chi connectivity index (χ1v) is 5.50. The van der Waals surface area contributed by atoms with Crippen molar-refractivity contribution in [2.45, 2.75) is 6.61 Å². The molecule has 0 heterocycles. The predicted molar refractivity (Wildman–Crippen MR) is 65.8 cm³/mol. The average Bonchev–Trinajstić information content (AvgIpc) is 2.39. The molecule has 2 rings (SSSR count). The Morgan fingerprint density at radius 3 is 2.47 bits per heavy atom. The second-order valence-corrected chi connectivity index (χ2v) is 3.90. The highest BCUT2D eigenvalue weighted by atomic mass is 19.1. The number of carboxylic acids is 1. The first-order valence-electron chi connectivity index (χ1n) is 5.50. The van der Waals surface area contributed by atoms with Crippen molar-refractivity contribution < 1.29 is 24.1 Å². The first-order chi connectivity index (χ1) is 9.06. The van der Waals surface area contributed by atoms with Crippen molar-refractivity contribution in [3.63, 3.8) is 0 Å². The molecular weight excluding hydrogens is 251 g/mol. The summed E-state index contributed by atoms with van der Waals surface area (Å²) in [5.74, 6) is -1.38. The highest BCUT2D eigenvalue weighted by Crippen LogP contribution is 2.20. The molecule has 0 saturated carbocycles. The fourth-order valence-electron chi connectivity index (χ4n) is 1.54. The van der Waals surface area contributed by atoms with Crippen LogP contribution in [0.3, 0.4) is 0 Å². The van der Waals surface area contributed by atoms with Gasteiger partial charge in [0.2, 0.25) is 0 Å². The largest absolute Gasteiger partial charge is 0.507 e. The number of carbonyl (C=O) groups is 1. The molecule has 0 amide bonds.